The van der Waals surface area contributed by atoms with Crippen LogP contribution >= 0.6 is 11.6 Å². The Bertz CT molecular complexity index is 672. The average Bonchev–Trinajstić information content (AvgIpc) is 2.65. The molecule has 0 bridgehead atoms. The second-order valence-electron chi connectivity index (χ2n) is 4.96. The Labute approximate surface area is 121 Å². The highest BCUT2D eigenvalue weighted by molar-refractivity contribution is 6.34. The molecule has 0 aromatic heterocycles. The van der Waals surface area contributed by atoms with Crippen LogP contribution in [0.25, 0.3) is 0 Å². The lowest BCUT2D eigenvalue weighted by Crippen LogP contribution is -2.45. The number of Topliss-reactive ketones (excluding diaryl/α,β-unsaturated/α-hetero) is 2. The van der Waals surface area contributed by atoms with Crippen molar-refractivity contribution in [2.24, 2.45) is 0 Å². The Kier molecular flexibility index (Phi) is 2.87. The maximum absolute atomic E-state index is 12.5. The van der Waals surface area contributed by atoms with Crippen molar-refractivity contribution in [3.05, 3.63) is 64.7 Å². The van der Waals surface area contributed by atoms with Crippen LogP contribution in [0.1, 0.15) is 27.6 Å². The average molecular weight is 286 g/mol. The van der Waals surface area contributed by atoms with E-state index in [0.717, 1.165) is 0 Å². The van der Waals surface area contributed by atoms with Crippen molar-refractivity contribution in [2.75, 3.05) is 5.32 Å². The second kappa shape index (κ2) is 4.46. The first-order chi connectivity index (χ1) is 9.52. The lowest BCUT2D eigenvalue weighted by molar-refractivity contribution is 0.0835. The fraction of sp³-hybridized carbons (Fsp3) is 0.125. The van der Waals surface area contributed by atoms with Crippen LogP contribution in [0.5, 0.6) is 0 Å². The first kappa shape index (κ1) is 12.9. The first-order valence-electron chi connectivity index (χ1n) is 6.25. The fourth-order valence-corrected chi connectivity index (χ4v) is 2.58. The topological polar surface area (TPSA) is 46.2 Å². The summed E-state index contributed by atoms with van der Waals surface area (Å²) in [5.41, 5.74) is 0.381. The van der Waals surface area contributed by atoms with E-state index in [4.69, 9.17) is 11.6 Å². The third-order valence-electron chi connectivity index (χ3n) is 3.56. The second-order valence-corrected chi connectivity index (χ2v) is 5.40. The Morgan fingerprint density at radius 2 is 1.40 bits per heavy atom. The molecule has 0 aliphatic heterocycles. The molecule has 0 radical (unpaired) electrons. The number of halogens is 1. The largest absolute Gasteiger partial charge is 0.366 e. The normalized spacial score (nSPS) is 16.1. The number of fused-ring (bicyclic) bond motifs is 1. The third-order valence-corrected chi connectivity index (χ3v) is 3.82. The van der Waals surface area contributed by atoms with E-state index in [-0.39, 0.29) is 11.6 Å². The Hall–Kier alpha value is -2.13. The fourth-order valence-electron chi connectivity index (χ4n) is 2.46. The van der Waals surface area contributed by atoms with E-state index in [1.165, 1.54) is 0 Å². The number of carbonyl (C=O) groups is 2. The van der Waals surface area contributed by atoms with Crippen LogP contribution in [0, 0.1) is 0 Å². The molecule has 1 aliphatic carbocycles. The van der Waals surface area contributed by atoms with Gasteiger partial charge in [0.1, 0.15) is 0 Å². The van der Waals surface area contributed by atoms with Gasteiger partial charge in [0, 0.05) is 21.8 Å². The molecular formula is C16H12ClNO2. The Morgan fingerprint density at radius 1 is 0.900 bits per heavy atom. The Balaban J connectivity index is 2.00. The monoisotopic (exact) mass is 285 g/mol. The molecule has 3 nitrogen and oxygen atoms in total. The first-order valence-corrected chi connectivity index (χ1v) is 6.62. The van der Waals surface area contributed by atoms with Gasteiger partial charge in [-0.15, -0.1) is 0 Å². The molecule has 0 atom stereocenters. The molecule has 0 saturated carbocycles. The molecule has 2 aromatic rings. The van der Waals surface area contributed by atoms with E-state index in [2.05, 4.69) is 5.32 Å². The van der Waals surface area contributed by atoms with Crippen molar-refractivity contribution in [3.8, 4) is 0 Å². The molecule has 4 heteroatoms. The molecule has 0 fully saturated rings. The van der Waals surface area contributed by atoms with E-state index >= 15 is 0 Å². The molecule has 0 unspecified atom stereocenters. The van der Waals surface area contributed by atoms with Crippen molar-refractivity contribution in [1.29, 1.82) is 0 Å². The molecule has 0 amide bonds. The number of ketones is 2. The van der Waals surface area contributed by atoms with Gasteiger partial charge in [0.25, 0.3) is 0 Å². The predicted octanol–water partition coefficient (Wildman–Crippen LogP) is 3.59. The van der Waals surface area contributed by atoms with E-state index in [1.54, 1.807) is 55.5 Å². The number of benzene rings is 2. The summed E-state index contributed by atoms with van der Waals surface area (Å²) >= 11 is 5.83. The van der Waals surface area contributed by atoms with Gasteiger partial charge < -0.3 is 5.32 Å². The van der Waals surface area contributed by atoms with Crippen LogP contribution in [-0.4, -0.2) is 17.1 Å². The smallest absolute Gasteiger partial charge is 0.196 e. The SMILES string of the molecule is CC1(Nc2ccc(Cl)cc2)C(=O)c2ccccc2C1=O. The summed E-state index contributed by atoms with van der Waals surface area (Å²) in [6.07, 6.45) is 0. The summed E-state index contributed by atoms with van der Waals surface area (Å²) in [4.78, 5) is 25.0. The van der Waals surface area contributed by atoms with Gasteiger partial charge in [-0.05, 0) is 31.2 Å². The minimum absolute atomic E-state index is 0.201. The van der Waals surface area contributed by atoms with Crippen molar-refractivity contribution >= 4 is 28.9 Å². The van der Waals surface area contributed by atoms with Crippen LogP contribution in [0.4, 0.5) is 5.69 Å². The summed E-state index contributed by atoms with van der Waals surface area (Å²) in [7, 11) is 0. The van der Waals surface area contributed by atoms with Gasteiger partial charge in [-0.1, -0.05) is 35.9 Å². The maximum Gasteiger partial charge on any atom is 0.196 e. The highest BCUT2D eigenvalue weighted by Crippen LogP contribution is 2.32. The molecule has 100 valence electrons. The van der Waals surface area contributed by atoms with E-state index in [9.17, 15) is 9.59 Å². The summed E-state index contributed by atoms with van der Waals surface area (Å²) in [6.45, 7) is 1.62. The van der Waals surface area contributed by atoms with E-state index < -0.39 is 5.54 Å². The molecule has 20 heavy (non-hydrogen) atoms. The number of hydrogen-bond acceptors (Lipinski definition) is 3. The summed E-state index contributed by atoms with van der Waals surface area (Å²) in [5, 5.41) is 3.64. The molecular weight excluding hydrogens is 274 g/mol. The standard InChI is InChI=1S/C16H12ClNO2/c1-16(18-11-8-6-10(17)7-9-11)14(19)12-4-2-3-5-13(12)15(16)20/h2-9,18H,1H3. The molecule has 2 aromatic carbocycles. The number of nitrogens with one attached hydrogen (secondary N) is 1. The lowest BCUT2D eigenvalue weighted by atomic mass is 9.95. The van der Waals surface area contributed by atoms with Gasteiger partial charge in [-0.2, -0.15) is 0 Å². The molecule has 1 aliphatic rings. The quantitative estimate of drug-likeness (QED) is 0.858. The van der Waals surface area contributed by atoms with E-state index in [1.807, 2.05) is 0 Å². The number of carbonyl (C=O) groups excluding carboxylic acids is 2. The molecule has 1 N–H and O–H groups in total. The molecule has 3 rings (SSSR count). The van der Waals surface area contributed by atoms with Gasteiger partial charge in [-0.3, -0.25) is 9.59 Å². The van der Waals surface area contributed by atoms with Crippen LogP contribution < -0.4 is 5.32 Å². The van der Waals surface area contributed by atoms with E-state index in [0.29, 0.717) is 21.8 Å². The highest BCUT2D eigenvalue weighted by atomic mass is 35.5. The molecule has 0 heterocycles. The zero-order valence-corrected chi connectivity index (χ0v) is 11.6. The lowest BCUT2D eigenvalue weighted by Gasteiger charge is -2.23. The van der Waals surface area contributed by atoms with Gasteiger partial charge >= 0.3 is 0 Å². The van der Waals surface area contributed by atoms with Crippen LogP contribution in [0.2, 0.25) is 5.02 Å². The van der Waals surface area contributed by atoms with Gasteiger partial charge in [0.15, 0.2) is 17.1 Å². The van der Waals surface area contributed by atoms with Crippen molar-refractivity contribution in [1.82, 2.24) is 0 Å². The van der Waals surface area contributed by atoms with Gasteiger partial charge in [-0.25, -0.2) is 0 Å². The van der Waals surface area contributed by atoms with Crippen molar-refractivity contribution < 1.29 is 9.59 Å². The summed E-state index contributed by atoms with van der Waals surface area (Å²) in [5.74, 6) is -0.402. The zero-order valence-electron chi connectivity index (χ0n) is 10.8. The van der Waals surface area contributed by atoms with Crippen molar-refractivity contribution in [2.45, 2.75) is 12.5 Å². The number of rotatable bonds is 2. The number of hydrogen-bond donors (Lipinski definition) is 1. The highest BCUT2D eigenvalue weighted by Gasteiger charge is 2.49. The summed E-state index contributed by atoms with van der Waals surface area (Å²) < 4.78 is 0. The van der Waals surface area contributed by atoms with Crippen LogP contribution in [0.3, 0.4) is 0 Å². The summed E-state index contributed by atoms with van der Waals surface area (Å²) in [6, 6.07) is 13.8. The minimum Gasteiger partial charge on any atom is -0.366 e. The molecule has 0 spiro atoms. The number of anilines is 1. The van der Waals surface area contributed by atoms with Crippen molar-refractivity contribution in [3.63, 3.8) is 0 Å². The maximum atomic E-state index is 12.5. The Morgan fingerprint density at radius 3 is 1.90 bits per heavy atom. The minimum atomic E-state index is -1.25. The van der Waals surface area contributed by atoms with Crippen LogP contribution in [-0.2, 0) is 0 Å². The van der Waals surface area contributed by atoms with Gasteiger partial charge in [0.2, 0.25) is 0 Å². The third kappa shape index (κ3) is 1.82. The molecule has 0 saturated heterocycles. The predicted molar refractivity (Wildman–Crippen MR) is 78.6 cm³/mol. The van der Waals surface area contributed by atoms with Gasteiger partial charge in [0.05, 0.1) is 0 Å². The van der Waals surface area contributed by atoms with Crippen LogP contribution in [0.15, 0.2) is 48.5 Å². The zero-order chi connectivity index (χ0) is 14.3.